The molecule has 1 aromatic rings. The maximum atomic E-state index is 12.5. The zero-order valence-corrected chi connectivity index (χ0v) is 13.6. The van der Waals surface area contributed by atoms with Crippen LogP contribution in [0.2, 0.25) is 0 Å². The van der Waals surface area contributed by atoms with Gasteiger partial charge in [-0.05, 0) is 40.9 Å². The van der Waals surface area contributed by atoms with Crippen LogP contribution in [0.5, 0.6) is 0 Å². The molecule has 2 aliphatic rings. The molecule has 0 aromatic carbocycles. The Morgan fingerprint density at radius 2 is 2.00 bits per heavy atom. The highest BCUT2D eigenvalue weighted by Gasteiger charge is 2.41. The third-order valence-electron chi connectivity index (χ3n) is 4.35. The van der Waals surface area contributed by atoms with Crippen LogP contribution in [0.4, 0.5) is 0 Å². The van der Waals surface area contributed by atoms with Crippen LogP contribution in [-0.4, -0.2) is 47.9 Å². The zero-order valence-electron chi connectivity index (χ0n) is 12.0. The number of hydrogen-bond donors (Lipinski definition) is 0. The summed E-state index contributed by atoms with van der Waals surface area (Å²) in [5.41, 5.74) is 0.481. The van der Waals surface area contributed by atoms with Gasteiger partial charge in [0, 0.05) is 36.6 Å². The van der Waals surface area contributed by atoms with E-state index in [1.54, 1.807) is 17.2 Å². The Morgan fingerprint density at radius 3 is 2.57 bits per heavy atom. The lowest BCUT2D eigenvalue weighted by Crippen LogP contribution is -2.45. The number of carbonyl (C=O) groups excluding carboxylic acids is 1. The Bertz CT molecular complexity index is 504. The molecule has 0 unspecified atom stereocenters. The normalized spacial score (nSPS) is 21.6. The highest BCUT2D eigenvalue weighted by atomic mass is 79.9. The first-order chi connectivity index (χ1) is 10.1. The van der Waals surface area contributed by atoms with Gasteiger partial charge in [0.1, 0.15) is 5.69 Å². The van der Waals surface area contributed by atoms with Gasteiger partial charge in [-0.2, -0.15) is 0 Å². The number of halogens is 1. The summed E-state index contributed by atoms with van der Waals surface area (Å²) in [7, 11) is 1.85. The predicted molar refractivity (Wildman–Crippen MR) is 80.9 cm³/mol. The Morgan fingerprint density at radius 1 is 1.33 bits per heavy atom. The lowest BCUT2D eigenvalue weighted by atomic mass is 9.89. The minimum atomic E-state index is -0.379. The lowest BCUT2D eigenvalue weighted by Gasteiger charge is -2.38. The molecule has 1 spiro atoms. The molecule has 6 heteroatoms. The summed E-state index contributed by atoms with van der Waals surface area (Å²) >= 11 is 3.33. The third-order valence-corrected chi connectivity index (χ3v) is 4.81. The van der Waals surface area contributed by atoms with Gasteiger partial charge in [-0.15, -0.1) is 0 Å². The van der Waals surface area contributed by atoms with Crippen LogP contribution in [0.15, 0.2) is 22.8 Å². The van der Waals surface area contributed by atoms with Crippen LogP contribution < -0.4 is 0 Å². The van der Waals surface area contributed by atoms with E-state index < -0.39 is 0 Å². The average Bonchev–Trinajstić information content (AvgIpc) is 2.96. The summed E-state index contributed by atoms with van der Waals surface area (Å²) in [5, 5.41) is 0. The fourth-order valence-corrected chi connectivity index (χ4v) is 3.30. The molecule has 1 aromatic heterocycles. The third kappa shape index (κ3) is 3.12. The van der Waals surface area contributed by atoms with Crippen molar-refractivity contribution in [2.75, 3.05) is 20.3 Å². The van der Waals surface area contributed by atoms with Crippen molar-refractivity contribution in [2.45, 2.75) is 37.5 Å². The summed E-state index contributed by atoms with van der Waals surface area (Å²) in [4.78, 5) is 18.4. The number of pyridine rings is 1. The molecule has 114 valence electrons. The van der Waals surface area contributed by atoms with E-state index in [1.165, 1.54) is 0 Å². The van der Waals surface area contributed by atoms with E-state index in [-0.39, 0.29) is 17.7 Å². The van der Waals surface area contributed by atoms with Crippen LogP contribution in [-0.2, 0) is 9.47 Å². The van der Waals surface area contributed by atoms with Crippen molar-refractivity contribution in [3.05, 3.63) is 28.5 Å². The van der Waals surface area contributed by atoms with Crippen LogP contribution >= 0.6 is 15.9 Å². The maximum Gasteiger partial charge on any atom is 0.272 e. The van der Waals surface area contributed by atoms with Gasteiger partial charge in [-0.1, -0.05) is 0 Å². The topological polar surface area (TPSA) is 51.7 Å². The van der Waals surface area contributed by atoms with Crippen molar-refractivity contribution in [3.63, 3.8) is 0 Å². The molecule has 2 heterocycles. The smallest absolute Gasteiger partial charge is 0.272 e. The van der Waals surface area contributed by atoms with E-state index in [4.69, 9.17) is 9.47 Å². The standard InChI is InChI=1S/C15H19BrN2O3/c1-18(14(19)13-3-2-11(16)10-17-13)12-4-6-15(7-5-12)20-8-9-21-15/h2-3,10,12H,4-9H2,1H3. The van der Waals surface area contributed by atoms with E-state index in [2.05, 4.69) is 20.9 Å². The summed E-state index contributed by atoms with van der Waals surface area (Å²) in [6.45, 7) is 1.37. The van der Waals surface area contributed by atoms with Gasteiger partial charge >= 0.3 is 0 Å². The van der Waals surface area contributed by atoms with Crippen molar-refractivity contribution in [1.82, 2.24) is 9.88 Å². The second-order valence-electron chi connectivity index (χ2n) is 5.62. The maximum absolute atomic E-state index is 12.5. The number of ether oxygens (including phenoxy) is 2. The summed E-state index contributed by atoms with van der Waals surface area (Å²) in [6.07, 6.45) is 5.15. The van der Waals surface area contributed by atoms with Crippen molar-refractivity contribution in [2.24, 2.45) is 0 Å². The first-order valence-electron chi connectivity index (χ1n) is 7.26. The van der Waals surface area contributed by atoms with E-state index >= 15 is 0 Å². The Kier molecular flexibility index (Phi) is 4.28. The minimum absolute atomic E-state index is 0.0308. The van der Waals surface area contributed by atoms with Crippen LogP contribution in [0.25, 0.3) is 0 Å². The summed E-state index contributed by atoms with van der Waals surface area (Å²) < 4.78 is 12.3. The Balaban J connectivity index is 1.62. The number of hydrogen-bond acceptors (Lipinski definition) is 4. The molecule has 0 atom stereocenters. The van der Waals surface area contributed by atoms with Crippen LogP contribution in [0, 0.1) is 0 Å². The Hall–Kier alpha value is -0.980. The molecule has 3 rings (SSSR count). The van der Waals surface area contributed by atoms with Gasteiger partial charge in [-0.25, -0.2) is 4.98 Å². The lowest BCUT2D eigenvalue weighted by molar-refractivity contribution is -0.182. The predicted octanol–water partition coefficient (Wildman–Crippen LogP) is 2.60. The molecule has 1 saturated carbocycles. The minimum Gasteiger partial charge on any atom is -0.348 e. The highest BCUT2D eigenvalue weighted by Crippen LogP contribution is 2.37. The highest BCUT2D eigenvalue weighted by molar-refractivity contribution is 9.10. The van der Waals surface area contributed by atoms with Gasteiger partial charge in [-0.3, -0.25) is 4.79 Å². The molecular weight excluding hydrogens is 336 g/mol. The quantitative estimate of drug-likeness (QED) is 0.818. The molecule has 2 fully saturated rings. The zero-order chi connectivity index (χ0) is 14.9. The molecule has 0 radical (unpaired) electrons. The van der Waals surface area contributed by atoms with Gasteiger partial charge in [0.05, 0.1) is 13.2 Å². The molecule has 1 aliphatic heterocycles. The SMILES string of the molecule is CN(C(=O)c1ccc(Br)cn1)C1CCC2(CC1)OCCO2. The van der Waals surface area contributed by atoms with E-state index in [0.717, 1.165) is 30.2 Å². The van der Waals surface area contributed by atoms with Crippen molar-refractivity contribution >= 4 is 21.8 Å². The van der Waals surface area contributed by atoms with Crippen molar-refractivity contribution < 1.29 is 14.3 Å². The fraction of sp³-hybridized carbons (Fsp3) is 0.600. The first kappa shape index (κ1) is 14.9. The summed E-state index contributed by atoms with van der Waals surface area (Å²) in [5.74, 6) is -0.410. The molecule has 0 bridgehead atoms. The summed E-state index contributed by atoms with van der Waals surface area (Å²) in [6, 6.07) is 3.81. The number of carbonyl (C=O) groups is 1. The Labute approximate surface area is 132 Å². The van der Waals surface area contributed by atoms with Gasteiger partial charge in [0.25, 0.3) is 5.91 Å². The van der Waals surface area contributed by atoms with E-state index in [9.17, 15) is 4.79 Å². The largest absolute Gasteiger partial charge is 0.348 e. The van der Waals surface area contributed by atoms with Crippen LogP contribution in [0.1, 0.15) is 36.2 Å². The number of rotatable bonds is 2. The number of amides is 1. The molecule has 1 amide bonds. The molecule has 1 aliphatic carbocycles. The second kappa shape index (κ2) is 6.02. The molecule has 21 heavy (non-hydrogen) atoms. The van der Waals surface area contributed by atoms with E-state index in [1.807, 2.05) is 13.1 Å². The van der Waals surface area contributed by atoms with Gasteiger partial charge in [0.2, 0.25) is 0 Å². The average molecular weight is 355 g/mol. The van der Waals surface area contributed by atoms with Crippen molar-refractivity contribution in [3.8, 4) is 0 Å². The molecular formula is C15H19BrN2O3. The second-order valence-corrected chi connectivity index (χ2v) is 6.53. The monoisotopic (exact) mass is 354 g/mol. The van der Waals surface area contributed by atoms with Gasteiger partial charge in [0.15, 0.2) is 5.79 Å². The van der Waals surface area contributed by atoms with Crippen LogP contribution in [0.3, 0.4) is 0 Å². The van der Waals surface area contributed by atoms with Gasteiger partial charge < -0.3 is 14.4 Å². The number of aromatic nitrogens is 1. The number of nitrogens with zero attached hydrogens (tertiary/aromatic N) is 2. The first-order valence-corrected chi connectivity index (χ1v) is 8.06. The van der Waals surface area contributed by atoms with Crippen molar-refractivity contribution in [1.29, 1.82) is 0 Å². The molecule has 0 N–H and O–H groups in total. The van der Waals surface area contributed by atoms with E-state index in [0.29, 0.717) is 18.9 Å². The fourth-order valence-electron chi connectivity index (χ4n) is 3.06. The molecule has 1 saturated heterocycles. The molecule has 5 nitrogen and oxygen atoms in total.